The highest BCUT2D eigenvalue weighted by molar-refractivity contribution is 4.84. The molecule has 0 amide bonds. The lowest BCUT2D eigenvalue weighted by atomic mass is 9.96. The van der Waals surface area contributed by atoms with Crippen molar-refractivity contribution in [3.63, 3.8) is 0 Å². The molecule has 0 fully saturated rings. The Hall–Kier alpha value is -0.480. The Kier molecular flexibility index (Phi) is 8.27. The van der Waals surface area contributed by atoms with Crippen molar-refractivity contribution in [3.8, 4) is 0 Å². The second kappa shape index (κ2) is 8.62. The first-order valence-electron chi connectivity index (χ1n) is 5.21. The van der Waals surface area contributed by atoms with Crippen LogP contribution in [0, 0.1) is 5.92 Å². The van der Waals surface area contributed by atoms with E-state index in [0.29, 0.717) is 0 Å². The molecule has 0 unspecified atom stereocenters. The molecular weight excluding hydrogens is 144 g/mol. The maximum atomic E-state index is 3.64. The van der Waals surface area contributed by atoms with Crippen molar-refractivity contribution in [2.24, 2.45) is 5.92 Å². The van der Waals surface area contributed by atoms with Crippen LogP contribution in [0.5, 0.6) is 0 Å². The number of unbranched alkanes of at least 4 members (excludes halogenated alkanes) is 2. The number of allylic oxidation sites excluding steroid dienone is 1. The summed E-state index contributed by atoms with van der Waals surface area (Å²) in [5.41, 5.74) is 2.91. The van der Waals surface area contributed by atoms with Crippen molar-refractivity contribution in [3.05, 3.63) is 18.4 Å². The van der Waals surface area contributed by atoms with Crippen LogP contribution in [0.2, 0.25) is 0 Å². The van der Waals surface area contributed by atoms with Gasteiger partial charge in [0.25, 0.3) is 0 Å². The third kappa shape index (κ3) is 6.24. The van der Waals surface area contributed by atoms with Gasteiger partial charge in [0.1, 0.15) is 0 Å². The molecule has 0 saturated heterocycles. The molecule has 0 N–H and O–H groups in total. The molecule has 0 atom stereocenters. The van der Waals surface area contributed by atoms with Gasteiger partial charge in [0, 0.05) is 0 Å². The third-order valence-electron chi connectivity index (χ3n) is 2.21. The fraction of sp³-hybridized carbons (Fsp3) is 0.750. The summed E-state index contributed by atoms with van der Waals surface area (Å²) in [5, 5.41) is 0. The van der Waals surface area contributed by atoms with Crippen LogP contribution >= 0.6 is 0 Å². The molecule has 0 aliphatic heterocycles. The van der Waals surface area contributed by atoms with Crippen molar-refractivity contribution in [1.82, 2.24) is 0 Å². The average Bonchev–Trinajstić information content (AvgIpc) is 2.10. The van der Waals surface area contributed by atoms with Gasteiger partial charge in [0.05, 0.1) is 0 Å². The van der Waals surface area contributed by atoms with Gasteiger partial charge in [0.2, 0.25) is 0 Å². The van der Waals surface area contributed by atoms with Crippen LogP contribution in [-0.4, -0.2) is 0 Å². The van der Waals surface area contributed by atoms with Crippen molar-refractivity contribution >= 4 is 0 Å². The standard InChI is InChI=1S/C12H22/c1-4-7-10-12(9-6-3)11-8-5-2/h9,12H,3-5,7-8,10-11H2,1-2H3. The number of hydrogen-bond donors (Lipinski definition) is 0. The van der Waals surface area contributed by atoms with Gasteiger partial charge in [-0.1, -0.05) is 46.1 Å². The molecule has 12 heavy (non-hydrogen) atoms. The maximum Gasteiger partial charge on any atom is -0.0158 e. The van der Waals surface area contributed by atoms with Crippen molar-refractivity contribution in [1.29, 1.82) is 0 Å². The molecule has 0 aliphatic carbocycles. The quantitative estimate of drug-likeness (QED) is 0.494. The van der Waals surface area contributed by atoms with E-state index in [0.717, 1.165) is 5.92 Å². The predicted molar refractivity (Wildman–Crippen MR) is 56.3 cm³/mol. The van der Waals surface area contributed by atoms with Gasteiger partial charge < -0.3 is 0 Å². The van der Waals surface area contributed by atoms with Crippen LogP contribution in [0.4, 0.5) is 0 Å². The van der Waals surface area contributed by atoms with E-state index in [-0.39, 0.29) is 0 Å². The minimum atomic E-state index is 0.738. The SMILES string of the molecule is C=C=CC(CCCC)CCCC. The summed E-state index contributed by atoms with van der Waals surface area (Å²) in [6, 6.07) is 0. The Balaban J connectivity index is 3.61. The van der Waals surface area contributed by atoms with E-state index in [1.165, 1.54) is 38.5 Å². The highest BCUT2D eigenvalue weighted by atomic mass is 14.1. The van der Waals surface area contributed by atoms with Crippen molar-refractivity contribution in [2.45, 2.75) is 52.4 Å². The zero-order chi connectivity index (χ0) is 9.23. The zero-order valence-corrected chi connectivity index (χ0v) is 8.60. The summed E-state index contributed by atoms with van der Waals surface area (Å²) in [4.78, 5) is 0. The van der Waals surface area contributed by atoms with Crippen LogP contribution in [0.15, 0.2) is 18.4 Å². The lowest BCUT2D eigenvalue weighted by molar-refractivity contribution is 0.498. The van der Waals surface area contributed by atoms with Gasteiger partial charge in [-0.3, -0.25) is 0 Å². The van der Waals surface area contributed by atoms with E-state index in [2.05, 4.69) is 32.2 Å². The molecule has 0 aromatic rings. The molecule has 0 heterocycles. The van der Waals surface area contributed by atoms with E-state index in [1.54, 1.807) is 0 Å². The fourth-order valence-corrected chi connectivity index (χ4v) is 1.41. The Bertz CT molecular complexity index is 121. The molecule has 0 heteroatoms. The Morgan fingerprint density at radius 1 is 1.17 bits per heavy atom. The first-order valence-corrected chi connectivity index (χ1v) is 5.21. The maximum absolute atomic E-state index is 3.64. The van der Waals surface area contributed by atoms with Crippen LogP contribution in [0.25, 0.3) is 0 Å². The second-order valence-electron chi connectivity index (χ2n) is 3.42. The molecule has 0 aromatic carbocycles. The van der Waals surface area contributed by atoms with Crippen molar-refractivity contribution < 1.29 is 0 Å². The summed E-state index contributed by atoms with van der Waals surface area (Å²) in [7, 11) is 0. The van der Waals surface area contributed by atoms with Crippen molar-refractivity contribution in [2.75, 3.05) is 0 Å². The molecule has 0 bridgehead atoms. The lowest BCUT2D eigenvalue weighted by Crippen LogP contribution is -1.95. The molecule has 70 valence electrons. The molecule has 0 saturated carbocycles. The van der Waals surface area contributed by atoms with Crippen LogP contribution in [0.1, 0.15) is 52.4 Å². The first kappa shape index (κ1) is 11.5. The highest BCUT2D eigenvalue weighted by Crippen LogP contribution is 2.16. The first-order chi connectivity index (χ1) is 5.85. The molecule has 0 aromatic heterocycles. The minimum absolute atomic E-state index is 0.738. The summed E-state index contributed by atoms with van der Waals surface area (Å²) < 4.78 is 0. The molecule has 0 aliphatic rings. The van der Waals surface area contributed by atoms with Gasteiger partial charge in [-0.05, 0) is 24.8 Å². The van der Waals surface area contributed by atoms with E-state index < -0.39 is 0 Å². The summed E-state index contributed by atoms with van der Waals surface area (Å²) in [6.45, 7) is 8.13. The minimum Gasteiger partial charge on any atom is -0.133 e. The Morgan fingerprint density at radius 2 is 1.67 bits per heavy atom. The van der Waals surface area contributed by atoms with Crippen LogP contribution in [-0.2, 0) is 0 Å². The van der Waals surface area contributed by atoms with Gasteiger partial charge in [-0.2, -0.15) is 0 Å². The third-order valence-corrected chi connectivity index (χ3v) is 2.21. The summed E-state index contributed by atoms with van der Waals surface area (Å²) >= 11 is 0. The van der Waals surface area contributed by atoms with Crippen LogP contribution < -0.4 is 0 Å². The molecule has 0 nitrogen and oxygen atoms in total. The monoisotopic (exact) mass is 166 g/mol. The molecule has 0 radical (unpaired) electrons. The average molecular weight is 166 g/mol. The largest absolute Gasteiger partial charge is 0.133 e. The lowest BCUT2D eigenvalue weighted by Gasteiger charge is -2.09. The Labute approximate surface area is 77.4 Å². The molecular formula is C12H22. The van der Waals surface area contributed by atoms with Gasteiger partial charge >= 0.3 is 0 Å². The van der Waals surface area contributed by atoms with Gasteiger partial charge in [-0.15, -0.1) is 5.73 Å². The topological polar surface area (TPSA) is 0 Å². The second-order valence-corrected chi connectivity index (χ2v) is 3.42. The van der Waals surface area contributed by atoms with E-state index in [9.17, 15) is 0 Å². The van der Waals surface area contributed by atoms with E-state index in [4.69, 9.17) is 0 Å². The normalized spacial score (nSPS) is 9.92. The number of hydrogen-bond acceptors (Lipinski definition) is 0. The fourth-order valence-electron chi connectivity index (χ4n) is 1.41. The van der Waals surface area contributed by atoms with E-state index >= 15 is 0 Å². The Morgan fingerprint density at radius 3 is 2.00 bits per heavy atom. The number of rotatable bonds is 7. The molecule has 0 spiro atoms. The highest BCUT2D eigenvalue weighted by Gasteiger charge is 2.02. The zero-order valence-electron chi connectivity index (χ0n) is 8.60. The smallest absolute Gasteiger partial charge is 0.0158 e. The van der Waals surface area contributed by atoms with Crippen LogP contribution in [0.3, 0.4) is 0 Å². The van der Waals surface area contributed by atoms with Gasteiger partial charge in [0.15, 0.2) is 0 Å². The summed E-state index contributed by atoms with van der Waals surface area (Å²) in [6.07, 6.45) is 10.1. The predicted octanol–water partition coefficient (Wildman–Crippen LogP) is 4.32. The molecule has 0 rings (SSSR count). The van der Waals surface area contributed by atoms with E-state index in [1.807, 2.05) is 0 Å². The summed E-state index contributed by atoms with van der Waals surface area (Å²) in [5.74, 6) is 0.738. The van der Waals surface area contributed by atoms with Gasteiger partial charge in [-0.25, -0.2) is 0 Å².